The summed E-state index contributed by atoms with van der Waals surface area (Å²) < 4.78 is 0. The molecule has 4 rings (SSSR count). The van der Waals surface area contributed by atoms with E-state index in [1.54, 1.807) is 34.4 Å². The van der Waals surface area contributed by atoms with Crippen LogP contribution in [0.5, 0.6) is 0 Å². The van der Waals surface area contributed by atoms with Gasteiger partial charge in [0.1, 0.15) is 15.7 Å². The zero-order valence-electron chi connectivity index (χ0n) is 14.5. The van der Waals surface area contributed by atoms with Crippen molar-refractivity contribution in [1.82, 2.24) is 15.2 Å². The van der Waals surface area contributed by atoms with Gasteiger partial charge in [0, 0.05) is 5.75 Å². The van der Waals surface area contributed by atoms with Gasteiger partial charge in [-0.15, -0.1) is 32.9 Å². The number of nitrogens with zero attached hydrogens (tertiary/aromatic N) is 3. The highest BCUT2D eigenvalue weighted by Crippen LogP contribution is 2.36. The highest BCUT2D eigenvalue weighted by Gasteiger charge is 2.13. The fourth-order valence-electron chi connectivity index (χ4n) is 2.50. The average Bonchev–Trinajstić information content (AvgIpc) is 3.31. The molecule has 0 aliphatic heterocycles. The Kier molecular flexibility index (Phi) is 5.15. The predicted octanol–water partition coefficient (Wildman–Crippen LogP) is 6.24. The van der Waals surface area contributed by atoms with Gasteiger partial charge in [-0.25, -0.2) is 4.98 Å². The minimum absolute atomic E-state index is 0.891. The van der Waals surface area contributed by atoms with Crippen LogP contribution in [-0.4, -0.2) is 15.2 Å². The minimum Gasteiger partial charge on any atom is -0.240 e. The molecule has 0 N–H and O–H groups in total. The Bertz CT molecular complexity index is 988. The maximum Gasteiger partial charge on any atom is 0.134 e. The molecule has 1 aromatic carbocycles. The smallest absolute Gasteiger partial charge is 0.134 e. The molecule has 0 fully saturated rings. The molecule has 0 radical (unpaired) electrons. The summed E-state index contributed by atoms with van der Waals surface area (Å²) in [4.78, 5) is 6.98. The SMILES string of the molecule is Cc1ccc(CSc2ccc(-c3sc(-c4cccs4)nc3C)nn2)cc1. The van der Waals surface area contributed by atoms with Crippen LogP contribution in [0.3, 0.4) is 0 Å². The number of aryl methyl sites for hydroxylation is 2. The summed E-state index contributed by atoms with van der Waals surface area (Å²) in [6.45, 7) is 4.14. The summed E-state index contributed by atoms with van der Waals surface area (Å²) in [7, 11) is 0. The van der Waals surface area contributed by atoms with Crippen molar-refractivity contribution in [3.05, 3.63) is 70.7 Å². The van der Waals surface area contributed by atoms with Gasteiger partial charge in [0.05, 0.1) is 15.4 Å². The topological polar surface area (TPSA) is 38.7 Å². The van der Waals surface area contributed by atoms with Gasteiger partial charge in [-0.05, 0) is 43.0 Å². The highest BCUT2D eigenvalue weighted by atomic mass is 32.2. The largest absolute Gasteiger partial charge is 0.240 e. The van der Waals surface area contributed by atoms with E-state index in [0.29, 0.717) is 0 Å². The molecule has 3 nitrogen and oxygen atoms in total. The molecule has 26 heavy (non-hydrogen) atoms. The molecule has 0 aliphatic carbocycles. The Morgan fingerprint density at radius 2 is 1.81 bits per heavy atom. The molecule has 0 saturated carbocycles. The van der Waals surface area contributed by atoms with E-state index in [1.165, 1.54) is 16.0 Å². The number of hydrogen-bond acceptors (Lipinski definition) is 6. The van der Waals surface area contributed by atoms with E-state index in [2.05, 4.69) is 58.9 Å². The van der Waals surface area contributed by atoms with Crippen LogP contribution in [0.25, 0.3) is 20.5 Å². The van der Waals surface area contributed by atoms with Gasteiger partial charge in [0.2, 0.25) is 0 Å². The van der Waals surface area contributed by atoms with Crippen LogP contribution in [0.1, 0.15) is 16.8 Å². The second-order valence-corrected chi connectivity index (χ2v) is 8.88. The van der Waals surface area contributed by atoms with Gasteiger partial charge >= 0.3 is 0 Å². The number of thiophene rings is 1. The van der Waals surface area contributed by atoms with Gasteiger partial charge in [-0.3, -0.25) is 0 Å². The number of thiazole rings is 1. The molecule has 0 amide bonds. The molecule has 0 unspecified atom stereocenters. The molecule has 0 aliphatic rings. The summed E-state index contributed by atoms with van der Waals surface area (Å²) >= 11 is 5.09. The Morgan fingerprint density at radius 1 is 0.962 bits per heavy atom. The summed E-state index contributed by atoms with van der Waals surface area (Å²) in [5, 5.41) is 12.9. The summed E-state index contributed by atoms with van der Waals surface area (Å²) in [5.74, 6) is 0.899. The van der Waals surface area contributed by atoms with E-state index < -0.39 is 0 Å². The number of benzene rings is 1. The first-order valence-electron chi connectivity index (χ1n) is 8.23. The molecule has 3 heterocycles. The lowest BCUT2D eigenvalue weighted by Crippen LogP contribution is -1.90. The number of hydrogen-bond donors (Lipinski definition) is 0. The van der Waals surface area contributed by atoms with Crippen molar-refractivity contribution in [1.29, 1.82) is 0 Å². The van der Waals surface area contributed by atoms with Crippen LogP contribution in [0.2, 0.25) is 0 Å². The Balaban J connectivity index is 1.48. The van der Waals surface area contributed by atoms with Crippen molar-refractivity contribution in [2.45, 2.75) is 24.6 Å². The maximum atomic E-state index is 4.69. The van der Waals surface area contributed by atoms with Crippen LogP contribution in [0, 0.1) is 13.8 Å². The second kappa shape index (κ2) is 7.70. The zero-order chi connectivity index (χ0) is 17.9. The van der Waals surface area contributed by atoms with Crippen molar-refractivity contribution in [2.75, 3.05) is 0 Å². The standard InChI is InChI=1S/C20H17N3S3/c1-13-5-7-15(8-6-13)12-25-18-10-9-16(22-23-18)19-14(2)21-20(26-19)17-4-3-11-24-17/h3-11H,12H2,1-2H3. The molecule has 0 bridgehead atoms. The molecular formula is C20H17N3S3. The van der Waals surface area contributed by atoms with Crippen LogP contribution < -0.4 is 0 Å². The third-order valence-electron chi connectivity index (χ3n) is 3.91. The first kappa shape index (κ1) is 17.4. The van der Waals surface area contributed by atoms with Crippen LogP contribution >= 0.6 is 34.4 Å². The number of thioether (sulfide) groups is 1. The monoisotopic (exact) mass is 395 g/mol. The average molecular weight is 396 g/mol. The van der Waals surface area contributed by atoms with Crippen LogP contribution in [0.15, 0.2) is 58.9 Å². The normalized spacial score (nSPS) is 11.0. The maximum absolute atomic E-state index is 4.69. The van der Waals surface area contributed by atoms with E-state index in [-0.39, 0.29) is 0 Å². The molecule has 4 aromatic rings. The van der Waals surface area contributed by atoms with E-state index >= 15 is 0 Å². The molecular weight excluding hydrogens is 378 g/mol. The van der Waals surface area contributed by atoms with E-state index in [0.717, 1.165) is 32.1 Å². The number of aromatic nitrogens is 3. The van der Waals surface area contributed by atoms with Crippen molar-refractivity contribution in [3.8, 4) is 20.5 Å². The van der Waals surface area contributed by atoms with Crippen molar-refractivity contribution in [3.63, 3.8) is 0 Å². The van der Waals surface area contributed by atoms with Crippen LogP contribution in [0.4, 0.5) is 0 Å². The van der Waals surface area contributed by atoms with Gasteiger partial charge < -0.3 is 0 Å². The van der Waals surface area contributed by atoms with E-state index in [4.69, 9.17) is 4.98 Å². The third kappa shape index (κ3) is 3.87. The zero-order valence-corrected chi connectivity index (χ0v) is 16.9. The first-order chi connectivity index (χ1) is 12.7. The summed E-state index contributed by atoms with van der Waals surface area (Å²) in [5.41, 5.74) is 4.48. The van der Waals surface area contributed by atoms with Crippen LogP contribution in [-0.2, 0) is 5.75 Å². The van der Waals surface area contributed by atoms with Crippen molar-refractivity contribution in [2.24, 2.45) is 0 Å². The molecule has 0 spiro atoms. The molecule has 0 saturated heterocycles. The quantitative estimate of drug-likeness (QED) is 0.375. The third-order valence-corrected chi connectivity index (χ3v) is 7.12. The molecule has 3 aromatic heterocycles. The Labute approximate surface area is 165 Å². The van der Waals surface area contributed by atoms with E-state index in [9.17, 15) is 0 Å². The van der Waals surface area contributed by atoms with Crippen molar-refractivity contribution >= 4 is 34.4 Å². The fourth-order valence-corrected chi connectivity index (χ4v) is 5.10. The second-order valence-electron chi connectivity index (χ2n) is 5.94. The van der Waals surface area contributed by atoms with Crippen molar-refractivity contribution < 1.29 is 0 Å². The lowest BCUT2D eigenvalue weighted by Gasteiger charge is -2.02. The number of rotatable bonds is 5. The molecule has 6 heteroatoms. The Hall–Kier alpha value is -2.02. The molecule has 130 valence electrons. The predicted molar refractivity (Wildman–Crippen MR) is 112 cm³/mol. The molecule has 0 atom stereocenters. The van der Waals surface area contributed by atoms with Gasteiger partial charge in [0.15, 0.2) is 0 Å². The lowest BCUT2D eigenvalue weighted by molar-refractivity contribution is 0.936. The van der Waals surface area contributed by atoms with Gasteiger partial charge in [-0.2, -0.15) is 0 Å². The summed E-state index contributed by atoms with van der Waals surface area (Å²) in [6, 6.07) is 16.9. The fraction of sp³-hybridized carbons (Fsp3) is 0.150. The lowest BCUT2D eigenvalue weighted by atomic mass is 10.2. The van der Waals surface area contributed by atoms with E-state index in [1.807, 2.05) is 19.1 Å². The first-order valence-corrected chi connectivity index (χ1v) is 10.9. The van der Waals surface area contributed by atoms with Gasteiger partial charge in [-0.1, -0.05) is 47.7 Å². The minimum atomic E-state index is 0.891. The Morgan fingerprint density at radius 3 is 2.50 bits per heavy atom. The van der Waals surface area contributed by atoms with Gasteiger partial charge in [0.25, 0.3) is 0 Å². The summed E-state index contributed by atoms with van der Waals surface area (Å²) in [6.07, 6.45) is 0. The highest BCUT2D eigenvalue weighted by molar-refractivity contribution is 7.98.